The first-order valence-corrected chi connectivity index (χ1v) is 6.65. The molecule has 1 aromatic rings. The van der Waals surface area contributed by atoms with Gasteiger partial charge in [0.15, 0.2) is 5.82 Å². The van der Waals surface area contributed by atoms with Gasteiger partial charge >= 0.3 is 10.2 Å². The molecule has 0 aliphatic heterocycles. The van der Waals surface area contributed by atoms with E-state index in [1.807, 2.05) is 13.8 Å². The van der Waals surface area contributed by atoms with Gasteiger partial charge in [-0.2, -0.15) is 17.8 Å². The number of anilines is 1. The summed E-state index contributed by atoms with van der Waals surface area (Å²) in [7, 11) is -3.48. The molecule has 1 aromatic heterocycles. The summed E-state index contributed by atoms with van der Waals surface area (Å²) < 4.78 is 27.6. The second kappa shape index (κ2) is 4.84. The monoisotopic (exact) mass is 246 g/mol. The third-order valence-electron chi connectivity index (χ3n) is 2.52. The second-order valence-corrected chi connectivity index (χ2v) is 5.18. The molecule has 0 unspecified atom stereocenters. The number of aromatic nitrogens is 2. The summed E-state index contributed by atoms with van der Waals surface area (Å²) in [5.41, 5.74) is 1.67. The van der Waals surface area contributed by atoms with E-state index in [9.17, 15) is 8.42 Å². The predicted octanol–water partition coefficient (Wildman–Crippen LogP) is 1.03. The highest BCUT2D eigenvalue weighted by Gasteiger charge is 2.20. The maximum absolute atomic E-state index is 11.9. The van der Waals surface area contributed by atoms with Crippen molar-refractivity contribution in [2.24, 2.45) is 0 Å². The molecule has 6 nitrogen and oxygen atoms in total. The molecule has 2 N–H and O–H groups in total. The molecule has 1 rings (SSSR count). The standard InChI is InChI=1S/C9H18N4O2S/c1-5-13(6-2)16(14,15)12-9-7(3)8(4)10-11-9/h5-6H2,1-4H3,(H2,10,11,12). The highest BCUT2D eigenvalue weighted by molar-refractivity contribution is 7.90. The van der Waals surface area contributed by atoms with Crippen LogP contribution in [0.2, 0.25) is 0 Å². The molecule has 0 saturated heterocycles. The Kier molecular flexibility index (Phi) is 3.93. The van der Waals surface area contributed by atoms with Crippen LogP contribution >= 0.6 is 0 Å². The number of hydrogen-bond acceptors (Lipinski definition) is 3. The van der Waals surface area contributed by atoms with Crippen molar-refractivity contribution in [3.8, 4) is 0 Å². The van der Waals surface area contributed by atoms with Gasteiger partial charge in [-0.25, -0.2) is 0 Å². The average molecular weight is 246 g/mol. The summed E-state index contributed by atoms with van der Waals surface area (Å²) in [6, 6.07) is 0. The fourth-order valence-electron chi connectivity index (χ4n) is 1.33. The van der Waals surface area contributed by atoms with Crippen LogP contribution in [-0.4, -0.2) is 36.0 Å². The predicted molar refractivity (Wildman–Crippen MR) is 63.5 cm³/mol. The minimum atomic E-state index is -3.48. The Hall–Kier alpha value is -1.08. The molecule has 0 atom stereocenters. The lowest BCUT2D eigenvalue weighted by molar-refractivity contribution is 0.449. The van der Waals surface area contributed by atoms with E-state index in [0.29, 0.717) is 18.9 Å². The smallest absolute Gasteiger partial charge is 0.280 e. The zero-order chi connectivity index (χ0) is 12.3. The quantitative estimate of drug-likeness (QED) is 0.814. The first-order chi connectivity index (χ1) is 7.42. The second-order valence-electron chi connectivity index (χ2n) is 3.51. The van der Waals surface area contributed by atoms with E-state index in [2.05, 4.69) is 14.9 Å². The Morgan fingerprint density at radius 2 is 1.88 bits per heavy atom. The largest absolute Gasteiger partial charge is 0.302 e. The first-order valence-electron chi connectivity index (χ1n) is 5.21. The minimum Gasteiger partial charge on any atom is -0.280 e. The van der Waals surface area contributed by atoms with Crippen molar-refractivity contribution in [3.63, 3.8) is 0 Å². The van der Waals surface area contributed by atoms with Gasteiger partial charge in [0.2, 0.25) is 0 Å². The lowest BCUT2D eigenvalue weighted by Crippen LogP contribution is -2.35. The molecule has 0 spiro atoms. The van der Waals surface area contributed by atoms with E-state index in [0.717, 1.165) is 11.3 Å². The van der Waals surface area contributed by atoms with E-state index in [-0.39, 0.29) is 0 Å². The number of aromatic amines is 1. The Morgan fingerprint density at radius 1 is 1.31 bits per heavy atom. The number of H-pyrrole nitrogens is 1. The Balaban J connectivity index is 2.93. The maximum Gasteiger partial charge on any atom is 0.302 e. The van der Waals surface area contributed by atoms with Crippen LogP contribution in [0.15, 0.2) is 0 Å². The lowest BCUT2D eigenvalue weighted by atomic mass is 10.3. The zero-order valence-corrected chi connectivity index (χ0v) is 10.8. The molecular weight excluding hydrogens is 228 g/mol. The van der Waals surface area contributed by atoms with Crippen LogP contribution in [-0.2, 0) is 10.2 Å². The molecule has 0 aromatic carbocycles. The van der Waals surface area contributed by atoms with Crippen LogP contribution < -0.4 is 4.72 Å². The highest BCUT2D eigenvalue weighted by atomic mass is 32.2. The van der Waals surface area contributed by atoms with Crippen molar-refractivity contribution >= 4 is 16.0 Å². The van der Waals surface area contributed by atoms with Crippen LogP contribution in [0.5, 0.6) is 0 Å². The Morgan fingerprint density at radius 3 is 2.25 bits per heavy atom. The van der Waals surface area contributed by atoms with Gasteiger partial charge in [0.25, 0.3) is 0 Å². The molecule has 0 aliphatic rings. The summed E-state index contributed by atoms with van der Waals surface area (Å²) in [5, 5.41) is 6.65. The fourth-order valence-corrected chi connectivity index (χ4v) is 2.59. The van der Waals surface area contributed by atoms with Crippen LogP contribution in [0, 0.1) is 13.8 Å². The van der Waals surface area contributed by atoms with Crippen molar-refractivity contribution in [1.29, 1.82) is 0 Å². The normalized spacial score (nSPS) is 12.1. The van der Waals surface area contributed by atoms with Gasteiger partial charge in [-0.05, 0) is 13.8 Å². The molecule has 0 amide bonds. The molecular formula is C9H18N4O2S. The summed E-state index contributed by atoms with van der Waals surface area (Å²) in [4.78, 5) is 0. The molecule has 92 valence electrons. The van der Waals surface area contributed by atoms with Crippen LogP contribution in [0.25, 0.3) is 0 Å². The van der Waals surface area contributed by atoms with E-state index in [1.165, 1.54) is 4.31 Å². The molecule has 1 heterocycles. The molecule has 0 aliphatic carbocycles. The van der Waals surface area contributed by atoms with Gasteiger partial charge in [0, 0.05) is 24.3 Å². The summed E-state index contributed by atoms with van der Waals surface area (Å²) >= 11 is 0. The lowest BCUT2D eigenvalue weighted by Gasteiger charge is -2.18. The van der Waals surface area contributed by atoms with E-state index < -0.39 is 10.2 Å². The number of aryl methyl sites for hydroxylation is 1. The molecule has 7 heteroatoms. The minimum absolute atomic E-state index is 0.365. The van der Waals surface area contributed by atoms with Crippen LogP contribution in [0.3, 0.4) is 0 Å². The Labute approximate surface area is 96.2 Å². The molecule has 0 fully saturated rings. The number of nitrogens with zero attached hydrogens (tertiary/aromatic N) is 2. The van der Waals surface area contributed by atoms with Gasteiger partial charge < -0.3 is 0 Å². The first kappa shape index (κ1) is 13.0. The maximum atomic E-state index is 11.9. The number of hydrogen-bond donors (Lipinski definition) is 2. The van der Waals surface area contributed by atoms with Gasteiger partial charge in [0.05, 0.1) is 0 Å². The topological polar surface area (TPSA) is 78.1 Å². The highest BCUT2D eigenvalue weighted by Crippen LogP contribution is 2.16. The van der Waals surface area contributed by atoms with Crippen molar-refractivity contribution in [1.82, 2.24) is 14.5 Å². The summed E-state index contributed by atoms with van der Waals surface area (Å²) in [6.07, 6.45) is 0. The summed E-state index contributed by atoms with van der Waals surface area (Å²) in [6.45, 7) is 8.13. The van der Waals surface area contributed by atoms with Crippen molar-refractivity contribution in [3.05, 3.63) is 11.3 Å². The number of nitrogens with one attached hydrogen (secondary N) is 2. The van der Waals surface area contributed by atoms with Crippen molar-refractivity contribution in [2.75, 3.05) is 17.8 Å². The third-order valence-corrected chi connectivity index (χ3v) is 4.17. The van der Waals surface area contributed by atoms with E-state index in [4.69, 9.17) is 0 Å². The van der Waals surface area contributed by atoms with E-state index >= 15 is 0 Å². The van der Waals surface area contributed by atoms with Crippen molar-refractivity contribution < 1.29 is 8.42 Å². The van der Waals surface area contributed by atoms with Gasteiger partial charge in [-0.15, -0.1) is 0 Å². The van der Waals surface area contributed by atoms with Crippen molar-refractivity contribution in [2.45, 2.75) is 27.7 Å². The zero-order valence-electron chi connectivity index (χ0n) is 10.0. The van der Waals surface area contributed by atoms with Gasteiger partial charge in [-0.1, -0.05) is 13.8 Å². The van der Waals surface area contributed by atoms with Gasteiger partial charge in [-0.3, -0.25) is 9.82 Å². The van der Waals surface area contributed by atoms with Crippen LogP contribution in [0.1, 0.15) is 25.1 Å². The fraction of sp³-hybridized carbons (Fsp3) is 0.667. The number of rotatable bonds is 5. The SMILES string of the molecule is CCN(CC)S(=O)(=O)Nc1n[nH]c(C)c1C. The molecule has 0 saturated carbocycles. The Bertz CT molecular complexity index is 448. The molecule has 0 radical (unpaired) electrons. The molecule has 0 bridgehead atoms. The molecule has 16 heavy (non-hydrogen) atoms. The van der Waals surface area contributed by atoms with E-state index in [1.54, 1.807) is 13.8 Å². The van der Waals surface area contributed by atoms with Crippen LogP contribution in [0.4, 0.5) is 5.82 Å². The third kappa shape index (κ3) is 2.53. The van der Waals surface area contributed by atoms with Gasteiger partial charge in [0.1, 0.15) is 0 Å². The summed E-state index contributed by atoms with van der Waals surface area (Å²) in [5.74, 6) is 0.365. The average Bonchev–Trinajstić information content (AvgIpc) is 2.50.